The van der Waals surface area contributed by atoms with Gasteiger partial charge in [0.25, 0.3) is 0 Å². The van der Waals surface area contributed by atoms with Crippen LogP contribution >= 0.6 is 0 Å². The van der Waals surface area contributed by atoms with Gasteiger partial charge in [-0.15, -0.1) is 0 Å². The summed E-state index contributed by atoms with van der Waals surface area (Å²) in [6.45, 7) is 6.39. The molecule has 2 N–H and O–H groups in total. The molecule has 4 nitrogen and oxygen atoms in total. The Hall–Kier alpha value is -0.610. The van der Waals surface area contributed by atoms with Crippen LogP contribution in [0.1, 0.15) is 33.1 Å². The minimum Gasteiger partial charge on any atom is -0.376 e. The minimum atomic E-state index is -0.113. The van der Waals surface area contributed by atoms with Crippen molar-refractivity contribution in [2.45, 2.75) is 44.8 Å². The van der Waals surface area contributed by atoms with Gasteiger partial charge in [0.05, 0.1) is 6.10 Å². The Labute approximate surface area is 97.1 Å². The number of rotatable bonds is 3. The SMILES string of the molecule is CC1(C)C(CN)CC(=O)N1CC1CCCO1. The molecule has 92 valence electrons. The second kappa shape index (κ2) is 4.34. The second-order valence-corrected chi connectivity index (χ2v) is 5.43. The Balaban J connectivity index is 2.04. The van der Waals surface area contributed by atoms with Crippen LogP contribution in [0.25, 0.3) is 0 Å². The molecule has 0 saturated carbocycles. The number of ether oxygens (including phenoxy) is 1. The van der Waals surface area contributed by atoms with Gasteiger partial charge in [-0.1, -0.05) is 0 Å². The molecular formula is C12H22N2O2. The molecule has 2 aliphatic heterocycles. The highest BCUT2D eigenvalue weighted by molar-refractivity contribution is 5.80. The van der Waals surface area contributed by atoms with Crippen LogP contribution in [-0.2, 0) is 9.53 Å². The molecule has 4 heteroatoms. The van der Waals surface area contributed by atoms with Crippen molar-refractivity contribution < 1.29 is 9.53 Å². The Kier molecular flexibility index (Phi) is 3.22. The van der Waals surface area contributed by atoms with E-state index in [2.05, 4.69) is 13.8 Å². The number of amides is 1. The van der Waals surface area contributed by atoms with Crippen molar-refractivity contribution in [3.63, 3.8) is 0 Å². The van der Waals surface area contributed by atoms with Crippen molar-refractivity contribution in [2.24, 2.45) is 11.7 Å². The Morgan fingerprint density at radius 3 is 2.81 bits per heavy atom. The maximum atomic E-state index is 12.0. The van der Waals surface area contributed by atoms with Crippen molar-refractivity contribution in [2.75, 3.05) is 19.7 Å². The zero-order chi connectivity index (χ0) is 11.8. The lowest BCUT2D eigenvalue weighted by molar-refractivity contribution is -0.132. The maximum Gasteiger partial charge on any atom is 0.223 e. The average molecular weight is 226 g/mol. The van der Waals surface area contributed by atoms with Crippen LogP contribution in [0, 0.1) is 5.92 Å². The summed E-state index contributed by atoms with van der Waals surface area (Å²) in [7, 11) is 0. The summed E-state index contributed by atoms with van der Waals surface area (Å²) in [5, 5.41) is 0. The molecule has 2 aliphatic rings. The highest BCUT2D eigenvalue weighted by atomic mass is 16.5. The first kappa shape index (κ1) is 11.9. The summed E-state index contributed by atoms with van der Waals surface area (Å²) >= 11 is 0. The summed E-state index contributed by atoms with van der Waals surface area (Å²) in [6, 6.07) is 0. The van der Waals surface area contributed by atoms with Crippen molar-refractivity contribution in [3.05, 3.63) is 0 Å². The average Bonchev–Trinajstić information content (AvgIpc) is 2.80. The lowest BCUT2D eigenvalue weighted by Gasteiger charge is -2.36. The van der Waals surface area contributed by atoms with E-state index in [9.17, 15) is 4.79 Å². The Morgan fingerprint density at radius 2 is 2.31 bits per heavy atom. The predicted octanol–water partition coefficient (Wildman–Crippen LogP) is 0.751. The molecule has 2 saturated heterocycles. The Morgan fingerprint density at radius 1 is 1.56 bits per heavy atom. The van der Waals surface area contributed by atoms with E-state index < -0.39 is 0 Å². The smallest absolute Gasteiger partial charge is 0.223 e. The largest absolute Gasteiger partial charge is 0.376 e. The lowest BCUT2D eigenvalue weighted by atomic mass is 9.88. The standard InChI is InChI=1S/C12H22N2O2/c1-12(2)9(7-13)6-11(15)14(12)8-10-4-3-5-16-10/h9-10H,3-8,13H2,1-2H3. The predicted molar refractivity (Wildman–Crippen MR) is 61.9 cm³/mol. The van der Waals surface area contributed by atoms with Crippen molar-refractivity contribution >= 4 is 5.91 Å². The molecule has 0 bridgehead atoms. The molecule has 2 fully saturated rings. The molecule has 0 aliphatic carbocycles. The number of hydrogen-bond donors (Lipinski definition) is 1. The van der Waals surface area contributed by atoms with Gasteiger partial charge in [0.1, 0.15) is 0 Å². The summed E-state index contributed by atoms with van der Waals surface area (Å²) in [4.78, 5) is 13.9. The highest BCUT2D eigenvalue weighted by Gasteiger charge is 2.46. The zero-order valence-corrected chi connectivity index (χ0v) is 10.2. The van der Waals surface area contributed by atoms with E-state index in [1.165, 1.54) is 0 Å². The zero-order valence-electron chi connectivity index (χ0n) is 10.2. The van der Waals surface area contributed by atoms with Crippen LogP contribution in [-0.4, -0.2) is 42.1 Å². The van der Waals surface area contributed by atoms with Gasteiger partial charge in [-0.05, 0) is 33.2 Å². The number of carbonyl (C=O) groups excluding carboxylic acids is 1. The third-order valence-corrected chi connectivity index (χ3v) is 4.11. The molecule has 0 aromatic carbocycles. The van der Waals surface area contributed by atoms with E-state index in [0.717, 1.165) is 26.0 Å². The molecule has 2 unspecified atom stereocenters. The third-order valence-electron chi connectivity index (χ3n) is 4.11. The third kappa shape index (κ3) is 1.96. The monoisotopic (exact) mass is 226 g/mol. The normalized spacial score (nSPS) is 33.7. The fourth-order valence-electron chi connectivity index (χ4n) is 2.81. The number of likely N-dealkylation sites (tertiary alicyclic amines) is 1. The van der Waals surface area contributed by atoms with Crippen molar-refractivity contribution in [3.8, 4) is 0 Å². The lowest BCUT2D eigenvalue weighted by Crippen LogP contribution is -2.48. The van der Waals surface area contributed by atoms with Crippen LogP contribution in [0.3, 0.4) is 0 Å². The summed E-state index contributed by atoms with van der Waals surface area (Å²) in [6.07, 6.45) is 3.02. The molecule has 0 aromatic rings. The van der Waals surface area contributed by atoms with Crippen LogP contribution in [0.5, 0.6) is 0 Å². The number of nitrogens with two attached hydrogens (primary N) is 1. The molecule has 1 amide bonds. The Bertz CT molecular complexity index is 272. The van der Waals surface area contributed by atoms with Crippen LogP contribution in [0.2, 0.25) is 0 Å². The molecule has 0 spiro atoms. The molecule has 2 atom stereocenters. The molecule has 2 rings (SSSR count). The van der Waals surface area contributed by atoms with Gasteiger partial charge in [-0.2, -0.15) is 0 Å². The van der Waals surface area contributed by atoms with E-state index >= 15 is 0 Å². The van der Waals surface area contributed by atoms with E-state index in [4.69, 9.17) is 10.5 Å². The number of nitrogens with zero attached hydrogens (tertiary/aromatic N) is 1. The topological polar surface area (TPSA) is 55.6 Å². The summed E-state index contributed by atoms with van der Waals surface area (Å²) in [5.41, 5.74) is 5.62. The van der Waals surface area contributed by atoms with Gasteiger partial charge in [0, 0.05) is 31.0 Å². The van der Waals surface area contributed by atoms with Crippen LogP contribution in [0.4, 0.5) is 0 Å². The maximum absolute atomic E-state index is 12.0. The quantitative estimate of drug-likeness (QED) is 0.772. The van der Waals surface area contributed by atoms with Gasteiger partial charge in [0.2, 0.25) is 5.91 Å². The first-order valence-corrected chi connectivity index (χ1v) is 6.18. The van der Waals surface area contributed by atoms with E-state index in [1.54, 1.807) is 0 Å². The van der Waals surface area contributed by atoms with Crippen LogP contribution < -0.4 is 5.73 Å². The van der Waals surface area contributed by atoms with E-state index in [-0.39, 0.29) is 23.5 Å². The molecule has 2 heterocycles. The number of carbonyl (C=O) groups is 1. The fraction of sp³-hybridized carbons (Fsp3) is 0.917. The molecular weight excluding hydrogens is 204 g/mol. The van der Waals surface area contributed by atoms with Crippen molar-refractivity contribution in [1.82, 2.24) is 4.90 Å². The first-order chi connectivity index (χ1) is 7.55. The summed E-state index contributed by atoms with van der Waals surface area (Å²) in [5.74, 6) is 0.511. The summed E-state index contributed by atoms with van der Waals surface area (Å²) < 4.78 is 5.60. The highest BCUT2D eigenvalue weighted by Crippen LogP contribution is 2.35. The second-order valence-electron chi connectivity index (χ2n) is 5.43. The van der Waals surface area contributed by atoms with E-state index in [0.29, 0.717) is 13.0 Å². The van der Waals surface area contributed by atoms with E-state index in [1.807, 2.05) is 4.90 Å². The van der Waals surface area contributed by atoms with Gasteiger partial charge in [-0.3, -0.25) is 4.79 Å². The molecule has 0 radical (unpaired) electrons. The van der Waals surface area contributed by atoms with Gasteiger partial charge >= 0.3 is 0 Å². The minimum absolute atomic E-state index is 0.113. The fourth-order valence-corrected chi connectivity index (χ4v) is 2.81. The molecule has 0 aromatic heterocycles. The van der Waals surface area contributed by atoms with Gasteiger partial charge in [0.15, 0.2) is 0 Å². The van der Waals surface area contributed by atoms with Gasteiger partial charge in [-0.25, -0.2) is 0 Å². The number of hydrogen-bond acceptors (Lipinski definition) is 3. The first-order valence-electron chi connectivity index (χ1n) is 6.18. The van der Waals surface area contributed by atoms with Crippen LogP contribution in [0.15, 0.2) is 0 Å². The van der Waals surface area contributed by atoms with Gasteiger partial charge < -0.3 is 15.4 Å². The molecule has 16 heavy (non-hydrogen) atoms. The van der Waals surface area contributed by atoms with Crippen molar-refractivity contribution in [1.29, 1.82) is 0 Å².